The molecular formula is C11H11ClN2O2. The van der Waals surface area contributed by atoms with Crippen molar-refractivity contribution in [2.45, 2.75) is 19.1 Å². The summed E-state index contributed by atoms with van der Waals surface area (Å²) in [6.45, 7) is 0.862. The fraction of sp³-hybridized carbons (Fsp3) is 0.273. The van der Waals surface area contributed by atoms with E-state index in [1.165, 1.54) is 0 Å². The molecule has 1 aromatic heterocycles. The number of hydrogen-bond acceptors (Lipinski definition) is 4. The number of halogens is 1. The second-order valence-corrected chi connectivity index (χ2v) is 3.48. The smallest absolute Gasteiger partial charge is 0.241 e. The minimum atomic E-state index is 0.228. The molecule has 0 fully saturated rings. The van der Waals surface area contributed by atoms with Gasteiger partial charge >= 0.3 is 0 Å². The van der Waals surface area contributed by atoms with Crippen LogP contribution in [0, 0.1) is 0 Å². The molecule has 4 nitrogen and oxygen atoms in total. The van der Waals surface area contributed by atoms with Crippen molar-refractivity contribution in [3.63, 3.8) is 0 Å². The molecule has 5 heteroatoms. The zero-order chi connectivity index (χ0) is 11.2. The molecule has 1 aromatic carbocycles. The first-order valence-electron chi connectivity index (χ1n) is 4.87. The van der Waals surface area contributed by atoms with Crippen LogP contribution in [0.4, 0.5) is 0 Å². The first-order chi connectivity index (χ1) is 7.88. The average Bonchev–Trinajstić information content (AvgIpc) is 2.78. The van der Waals surface area contributed by atoms with Gasteiger partial charge in [-0.15, -0.1) is 11.6 Å². The van der Waals surface area contributed by atoms with Gasteiger partial charge in [-0.05, 0) is 5.56 Å². The molecule has 0 bridgehead atoms. The predicted molar refractivity (Wildman–Crippen MR) is 58.8 cm³/mol. The number of nitrogens with zero attached hydrogens (tertiary/aromatic N) is 2. The third-order valence-corrected chi connectivity index (χ3v) is 2.20. The lowest BCUT2D eigenvalue weighted by atomic mass is 10.2. The molecule has 0 radical (unpaired) electrons. The van der Waals surface area contributed by atoms with E-state index in [1.54, 1.807) is 0 Å². The number of hydrogen-bond donors (Lipinski definition) is 0. The van der Waals surface area contributed by atoms with Crippen LogP contribution < -0.4 is 0 Å². The second kappa shape index (κ2) is 5.63. The van der Waals surface area contributed by atoms with Crippen LogP contribution in [0.15, 0.2) is 34.9 Å². The van der Waals surface area contributed by atoms with Crippen LogP contribution in [0.5, 0.6) is 0 Å². The third kappa shape index (κ3) is 3.05. The topological polar surface area (TPSA) is 48.2 Å². The van der Waals surface area contributed by atoms with Crippen molar-refractivity contribution < 1.29 is 9.26 Å². The molecule has 0 amide bonds. The summed E-state index contributed by atoms with van der Waals surface area (Å²) in [4.78, 5) is 4.03. The summed E-state index contributed by atoms with van der Waals surface area (Å²) in [5.41, 5.74) is 1.11. The van der Waals surface area contributed by atoms with Gasteiger partial charge < -0.3 is 9.26 Å². The van der Waals surface area contributed by atoms with Gasteiger partial charge in [0.25, 0.3) is 0 Å². The van der Waals surface area contributed by atoms with Crippen molar-refractivity contribution in [3.05, 3.63) is 47.6 Å². The van der Waals surface area contributed by atoms with Crippen molar-refractivity contribution in [1.29, 1.82) is 0 Å². The highest BCUT2D eigenvalue weighted by atomic mass is 35.5. The van der Waals surface area contributed by atoms with Crippen LogP contribution in [-0.4, -0.2) is 10.1 Å². The lowest BCUT2D eigenvalue weighted by Gasteiger charge is -2.00. The maximum absolute atomic E-state index is 5.53. The maximum atomic E-state index is 5.53. The van der Waals surface area contributed by atoms with Gasteiger partial charge in [0.15, 0.2) is 5.82 Å². The fourth-order valence-electron chi connectivity index (χ4n) is 1.24. The van der Waals surface area contributed by atoms with Gasteiger partial charge in [-0.1, -0.05) is 35.5 Å². The van der Waals surface area contributed by atoms with E-state index in [0.717, 1.165) is 5.56 Å². The monoisotopic (exact) mass is 238 g/mol. The van der Waals surface area contributed by atoms with E-state index in [2.05, 4.69) is 10.1 Å². The van der Waals surface area contributed by atoms with Crippen molar-refractivity contribution in [2.24, 2.45) is 0 Å². The largest absolute Gasteiger partial charge is 0.369 e. The zero-order valence-electron chi connectivity index (χ0n) is 8.60. The lowest BCUT2D eigenvalue weighted by molar-refractivity contribution is 0.0999. The molecule has 2 aromatic rings. The van der Waals surface area contributed by atoms with Crippen LogP contribution in [0.25, 0.3) is 0 Å². The molecule has 84 valence electrons. The molecule has 0 saturated carbocycles. The fourth-order valence-corrected chi connectivity index (χ4v) is 1.35. The molecule has 1 heterocycles. The number of rotatable bonds is 5. The number of aromatic nitrogens is 2. The molecule has 0 aliphatic heterocycles. The van der Waals surface area contributed by atoms with E-state index >= 15 is 0 Å². The van der Waals surface area contributed by atoms with E-state index in [0.29, 0.717) is 24.9 Å². The second-order valence-electron chi connectivity index (χ2n) is 3.22. The molecule has 0 N–H and O–H groups in total. The first-order valence-corrected chi connectivity index (χ1v) is 5.41. The standard InChI is InChI=1S/C11H11ClN2O2/c12-6-11-13-10(14-16-11)8-15-7-9-4-2-1-3-5-9/h1-5H,6-8H2. The summed E-state index contributed by atoms with van der Waals surface area (Å²) in [6, 6.07) is 9.91. The number of benzene rings is 1. The number of alkyl halides is 1. The molecular weight excluding hydrogens is 228 g/mol. The first kappa shape index (κ1) is 11.1. The van der Waals surface area contributed by atoms with Crippen molar-refractivity contribution in [2.75, 3.05) is 0 Å². The Kier molecular flexibility index (Phi) is 3.91. The summed E-state index contributed by atoms with van der Waals surface area (Å²) in [5, 5.41) is 3.72. The number of ether oxygens (including phenoxy) is 1. The van der Waals surface area contributed by atoms with Gasteiger partial charge in [-0.25, -0.2) is 0 Å². The Morgan fingerprint density at radius 2 is 2.00 bits per heavy atom. The van der Waals surface area contributed by atoms with Gasteiger partial charge in [0.2, 0.25) is 5.89 Å². The highest BCUT2D eigenvalue weighted by Gasteiger charge is 2.04. The van der Waals surface area contributed by atoms with Gasteiger partial charge in [-0.2, -0.15) is 4.98 Å². The zero-order valence-corrected chi connectivity index (χ0v) is 9.35. The Balaban J connectivity index is 1.80. The van der Waals surface area contributed by atoms with Gasteiger partial charge in [0.1, 0.15) is 12.5 Å². The highest BCUT2D eigenvalue weighted by Crippen LogP contribution is 2.05. The van der Waals surface area contributed by atoms with E-state index in [-0.39, 0.29) is 5.88 Å². The minimum Gasteiger partial charge on any atom is -0.369 e. The van der Waals surface area contributed by atoms with Crippen LogP contribution in [0.3, 0.4) is 0 Å². The van der Waals surface area contributed by atoms with Crippen LogP contribution in [-0.2, 0) is 23.8 Å². The van der Waals surface area contributed by atoms with Crippen molar-refractivity contribution >= 4 is 11.6 Å². The van der Waals surface area contributed by atoms with Crippen molar-refractivity contribution in [3.8, 4) is 0 Å². The van der Waals surface area contributed by atoms with Crippen LogP contribution >= 0.6 is 11.6 Å². The quantitative estimate of drug-likeness (QED) is 0.751. The van der Waals surface area contributed by atoms with E-state index in [4.69, 9.17) is 20.9 Å². The molecule has 0 aliphatic carbocycles. The Labute approximate surface area is 98.2 Å². The maximum Gasteiger partial charge on any atom is 0.241 e. The summed E-state index contributed by atoms with van der Waals surface area (Å²) >= 11 is 5.53. The third-order valence-electron chi connectivity index (χ3n) is 1.97. The van der Waals surface area contributed by atoms with Gasteiger partial charge in [0, 0.05) is 0 Å². The lowest BCUT2D eigenvalue weighted by Crippen LogP contribution is -1.95. The van der Waals surface area contributed by atoms with Crippen molar-refractivity contribution in [1.82, 2.24) is 10.1 Å². The average molecular weight is 239 g/mol. The Hall–Kier alpha value is -1.39. The summed E-state index contributed by atoms with van der Waals surface area (Å²) < 4.78 is 10.3. The summed E-state index contributed by atoms with van der Waals surface area (Å²) in [7, 11) is 0. The van der Waals surface area contributed by atoms with Crippen LogP contribution in [0.2, 0.25) is 0 Å². The molecule has 0 aliphatic rings. The predicted octanol–water partition coefficient (Wildman–Crippen LogP) is 2.53. The summed E-state index contributed by atoms with van der Waals surface area (Å²) in [6.07, 6.45) is 0. The molecule has 0 unspecified atom stereocenters. The van der Waals surface area contributed by atoms with Crippen LogP contribution in [0.1, 0.15) is 17.3 Å². The summed E-state index contributed by atoms with van der Waals surface area (Å²) in [5.74, 6) is 1.16. The van der Waals surface area contributed by atoms with Gasteiger partial charge in [0.05, 0.1) is 6.61 Å². The van der Waals surface area contributed by atoms with E-state index < -0.39 is 0 Å². The molecule has 2 rings (SSSR count). The minimum absolute atomic E-state index is 0.228. The Morgan fingerprint density at radius 1 is 1.19 bits per heavy atom. The molecule has 0 saturated heterocycles. The normalized spacial score (nSPS) is 10.6. The van der Waals surface area contributed by atoms with E-state index in [9.17, 15) is 0 Å². The van der Waals surface area contributed by atoms with Gasteiger partial charge in [-0.3, -0.25) is 0 Å². The molecule has 0 atom stereocenters. The molecule has 0 spiro atoms. The Morgan fingerprint density at radius 3 is 2.69 bits per heavy atom. The highest BCUT2D eigenvalue weighted by molar-refractivity contribution is 6.16. The SMILES string of the molecule is ClCc1nc(COCc2ccccc2)no1. The Bertz CT molecular complexity index is 431. The van der Waals surface area contributed by atoms with E-state index in [1.807, 2.05) is 30.3 Å². The molecule has 16 heavy (non-hydrogen) atoms.